The molecule has 0 spiro atoms. The van der Waals surface area contributed by atoms with Crippen molar-refractivity contribution in [2.75, 3.05) is 0 Å². The van der Waals surface area contributed by atoms with Crippen molar-refractivity contribution in [1.82, 2.24) is 9.46 Å². The number of aromatic hydroxyl groups is 4. The number of nitrogens with zero attached hydrogens (tertiary/aromatic N) is 2. The van der Waals surface area contributed by atoms with E-state index in [0.717, 1.165) is 0 Å². The highest BCUT2D eigenvalue weighted by Gasteiger charge is 2.37. The van der Waals surface area contributed by atoms with Crippen molar-refractivity contribution in [1.29, 1.82) is 0 Å². The number of hydrogen-bond acceptors (Lipinski definition) is 10. The Balaban J connectivity index is 2.06. The summed E-state index contributed by atoms with van der Waals surface area (Å²) in [5, 5.41) is 39.6. The quantitative estimate of drug-likeness (QED) is 0.385. The highest BCUT2D eigenvalue weighted by molar-refractivity contribution is 7.87. The van der Waals surface area contributed by atoms with E-state index in [4.69, 9.17) is 8.57 Å². The molecule has 2 aromatic rings. The van der Waals surface area contributed by atoms with Crippen molar-refractivity contribution in [3.05, 3.63) is 22.3 Å². The lowest BCUT2D eigenvalue weighted by Gasteiger charge is -2.11. The Kier molecular flexibility index (Phi) is 5.05. The molecule has 4 N–H and O–H groups in total. The first-order chi connectivity index (χ1) is 13.7. The maximum absolute atomic E-state index is 12.0. The average molecular weight is 466 g/mol. The van der Waals surface area contributed by atoms with Gasteiger partial charge in [-0.1, -0.05) is 9.46 Å². The van der Waals surface area contributed by atoms with Crippen LogP contribution in [0.25, 0.3) is 0 Å². The van der Waals surface area contributed by atoms with Gasteiger partial charge in [-0.05, 0) is 27.7 Å². The molecule has 30 heavy (non-hydrogen) atoms. The third kappa shape index (κ3) is 3.29. The third-order valence-corrected chi connectivity index (χ3v) is 7.82. The highest BCUT2D eigenvalue weighted by atomic mass is 32.2. The van der Waals surface area contributed by atoms with E-state index in [-0.39, 0.29) is 35.1 Å². The first-order valence-corrected chi connectivity index (χ1v) is 11.8. The van der Waals surface area contributed by atoms with Crippen LogP contribution < -0.4 is 8.57 Å². The van der Waals surface area contributed by atoms with Crippen molar-refractivity contribution in [2.45, 2.75) is 51.0 Å². The summed E-state index contributed by atoms with van der Waals surface area (Å²) in [4.78, 5) is 0. The number of fused-ring (bicyclic) bond motifs is 2. The summed E-state index contributed by atoms with van der Waals surface area (Å²) in [6.45, 7) is 5.40. The van der Waals surface area contributed by atoms with E-state index in [1.165, 1.54) is 27.7 Å². The highest BCUT2D eigenvalue weighted by Crippen LogP contribution is 2.46. The molecule has 0 atom stereocenters. The molecule has 0 unspecified atom stereocenters. The smallest absolute Gasteiger partial charge is 0.329 e. The lowest BCUT2D eigenvalue weighted by molar-refractivity contribution is 0.198. The van der Waals surface area contributed by atoms with E-state index >= 15 is 0 Å². The summed E-state index contributed by atoms with van der Waals surface area (Å²) < 4.78 is 58.3. The SMILES string of the molecule is CC(C)S(=O)(=O)On1c(O)c2c(c1O)Cc1c(c(O)n(OS(=O)(=O)C(C)C)c1O)C2. The van der Waals surface area contributed by atoms with Crippen LogP contribution in [0, 0.1) is 0 Å². The number of aromatic nitrogens is 2. The molecule has 0 radical (unpaired) electrons. The molecule has 0 bridgehead atoms. The lowest BCUT2D eigenvalue weighted by atomic mass is 9.90. The van der Waals surface area contributed by atoms with Gasteiger partial charge in [0, 0.05) is 35.1 Å². The molecule has 0 saturated carbocycles. The van der Waals surface area contributed by atoms with Crippen LogP contribution in [0.4, 0.5) is 0 Å². The van der Waals surface area contributed by atoms with E-state index in [2.05, 4.69) is 0 Å². The zero-order chi connectivity index (χ0) is 22.8. The molecule has 14 heteroatoms. The maximum atomic E-state index is 12.0. The number of rotatable bonds is 6. The van der Waals surface area contributed by atoms with E-state index in [1.807, 2.05) is 0 Å². The minimum absolute atomic E-state index is 0.0399. The van der Waals surface area contributed by atoms with Crippen molar-refractivity contribution in [2.24, 2.45) is 0 Å². The van der Waals surface area contributed by atoms with E-state index in [1.54, 1.807) is 0 Å². The standard InChI is InChI=1S/C16H22N2O10S2/c1-7(2)29(23,24)27-17-13(19)9-5-11-12(6-10(9)14(17)20)16(22)18(15(11)21)28-30(25,26)8(3)4/h7-8,19-22H,5-6H2,1-4H3. The molecule has 2 heterocycles. The van der Waals surface area contributed by atoms with Crippen molar-refractivity contribution in [3.63, 3.8) is 0 Å². The predicted octanol–water partition coefficient (Wildman–Crippen LogP) is -0.0594. The number of hydrogen-bond donors (Lipinski definition) is 4. The summed E-state index contributed by atoms with van der Waals surface area (Å²) in [5.74, 6) is -2.83. The van der Waals surface area contributed by atoms with Crippen molar-refractivity contribution in [3.8, 4) is 23.5 Å². The third-order valence-electron chi connectivity index (χ3n) is 4.80. The van der Waals surface area contributed by atoms with Crippen LogP contribution >= 0.6 is 0 Å². The van der Waals surface area contributed by atoms with Gasteiger partial charge in [-0.25, -0.2) is 0 Å². The molecular weight excluding hydrogens is 444 g/mol. The molecule has 1 aliphatic carbocycles. The first kappa shape index (κ1) is 22.0. The van der Waals surface area contributed by atoms with Gasteiger partial charge in [0.05, 0.1) is 10.5 Å². The summed E-state index contributed by atoms with van der Waals surface area (Å²) in [7, 11) is -8.30. The second-order valence-electron chi connectivity index (χ2n) is 7.38. The molecule has 2 aromatic heterocycles. The molecule has 0 amide bonds. The normalized spacial score (nSPS) is 14.1. The molecular formula is C16H22N2O10S2. The lowest BCUT2D eigenvalue weighted by Crippen LogP contribution is -2.27. The Labute approximate surface area is 172 Å². The van der Waals surface area contributed by atoms with Crippen LogP contribution in [0.1, 0.15) is 49.9 Å². The summed E-state index contributed by atoms with van der Waals surface area (Å²) in [6.07, 6.45) is -0.529. The van der Waals surface area contributed by atoms with Crippen LogP contribution in [0.2, 0.25) is 0 Å². The summed E-state index contributed by atoms with van der Waals surface area (Å²) >= 11 is 0. The Morgan fingerprint density at radius 2 is 0.867 bits per heavy atom. The van der Waals surface area contributed by atoms with Gasteiger partial charge < -0.3 is 20.4 Å². The average Bonchev–Trinajstić information content (AvgIpc) is 3.00. The van der Waals surface area contributed by atoms with Crippen LogP contribution in [0.5, 0.6) is 23.5 Å². The van der Waals surface area contributed by atoms with E-state index < -0.39 is 54.3 Å². The van der Waals surface area contributed by atoms with Crippen molar-refractivity contribution >= 4 is 20.2 Å². The molecule has 0 aromatic carbocycles. The summed E-state index contributed by atoms with van der Waals surface area (Å²) in [6, 6.07) is 0. The van der Waals surface area contributed by atoms with Gasteiger partial charge in [0.1, 0.15) is 0 Å². The minimum atomic E-state index is -4.15. The van der Waals surface area contributed by atoms with Crippen LogP contribution in [-0.2, 0) is 33.1 Å². The Morgan fingerprint density at radius 3 is 1.07 bits per heavy atom. The Hall–Kier alpha value is -2.74. The van der Waals surface area contributed by atoms with Crippen LogP contribution in [0.3, 0.4) is 0 Å². The first-order valence-electron chi connectivity index (χ1n) is 8.85. The van der Waals surface area contributed by atoms with Crippen LogP contribution in [-0.4, -0.2) is 57.2 Å². The minimum Gasteiger partial charge on any atom is -0.492 e. The Morgan fingerprint density at radius 1 is 0.633 bits per heavy atom. The molecule has 0 saturated heterocycles. The topological polar surface area (TPSA) is 178 Å². The van der Waals surface area contributed by atoms with E-state index in [9.17, 15) is 37.3 Å². The molecule has 1 aliphatic rings. The van der Waals surface area contributed by atoms with Crippen LogP contribution in [0.15, 0.2) is 0 Å². The molecule has 168 valence electrons. The second kappa shape index (κ2) is 6.91. The molecule has 0 aliphatic heterocycles. The zero-order valence-electron chi connectivity index (χ0n) is 16.5. The van der Waals surface area contributed by atoms with Gasteiger partial charge in [-0.3, -0.25) is 8.57 Å². The second-order valence-corrected chi connectivity index (χ2v) is 11.5. The fraction of sp³-hybridized carbons (Fsp3) is 0.500. The van der Waals surface area contributed by atoms with Gasteiger partial charge in [-0.15, -0.1) is 0 Å². The predicted molar refractivity (Wildman–Crippen MR) is 102 cm³/mol. The van der Waals surface area contributed by atoms with E-state index in [0.29, 0.717) is 9.46 Å². The molecule has 3 rings (SSSR count). The molecule has 0 fully saturated rings. The van der Waals surface area contributed by atoms with Gasteiger partial charge in [-0.2, -0.15) is 16.8 Å². The largest absolute Gasteiger partial charge is 0.492 e. The monoisotopic (exact) mass is 466 g/mol. The van der Waals surface area contributed by atoms with Gasteiger partial charge in [0.25, 0.3) is 0 Å². The van der Waals surface area contributed by atoms with Gasteiger partial charge in [0.2, 0.25) is 23.5 Å². The zero-order valence-corrected chi connectivity index (χ0v) is 18.2. The van der Waals surface area contributed by atoms with Crippen molar-refractivity contribution < 1.29 is 45.8 Å². The fourth-order valence-corrected chi connectivity index (χ4v) is 3.89. The van der Waals surface area contributed by atoms with Gasteiger partial charge >= 0.3 is 20.2 Å². The summed E-state index contributed by atoms with van der Waals surface area (Å²) in [5.41, 5.74) is 0.160. The molecule has 12 nitrogen and oxygen atoms in total. The Bertz CT molecular complexity index is 1070. The fourth-order valence-electron chi connectivity index (χ4n) is 2.85. The maximum Gasteiger partial charge on any atom is 0.329 e. The van der Waals surface area contributed by atoms with Gasteiger partial charge in [0.15, 0.2) is 0 Å².